The third kappa shape index (κ3) is 3.47. The van der Waals surface area contributed by atoms with Gasteiger partial charge in [0.05, 0.1) is 25.9 Å². The largest absolute Gasteiger partial charge is 0.493 e. The van der Waals surface area contributed by atoms with Crippen LogP contribution in [0.15, 0.2) is 46.9 Å². The van der Waals surface area contributed by atoms with Gasteiger partial charge in [-0.3, -0.25) is 10.1 Å². The van der Waals surface area contributed by atoms with Crippen LogP contribution in [0, 0.1) is 11.3 Å². The van der Waals surface area contributed by atoms with Gasteiger partial charge in [-0.1, -0.05) is 5.10 Å². The molecule has 3 aromatic rings. The molecule has 8 nitrogen and oxygen atoms in total. The fourth-order valence-corrected chi connectivity index (χ4v) is 2.23. The van der Waals surface area contributed by atoms with Crippen LogP contribution in [0.4, 0.5) is 6.01 Å². The number of anilines is 1. The lowest BCUT2D eigenvalue weighted by atomic mass is 10.1. The van der Waals surface area contributed by atoms with E-state index in [4.69, 9.17) is 19.2 Å². The summed E-state index contributed by atoms with van der Waals surface area (Å²) in [5, 5.41) is 19.0. The standard InChI is InChI=1S/C18H14N4O4/c1-24-14-8-7-13(9-15(14)25-2)17-21-22-18(26-17)20-16(23)12-5-3-11(10-19)4-6-12/h3-9H,1-2H3,(H,20,22,23). The third-order valence-electron chi connectivity index (χ3n) is 3.55. The number of benzene rings is 2. The maximum atomic E-state index is 12.2. The van der Waals surface area contributed by atoms with E-state index in [0.29, 0.717) is 28.2 Å². The number of hydrogen-bond acceptors (Lipinski definition) is 7. The molecule has 2 aromatic carbocycles. The summed E-state index contributed by atoms with van der Waals surface area (Å²) in [6, 6.07) is 13.3. The van der Waals surface area contributed by atoms with Gasteiger partial charge >= 0.3 is 6.01 Å². The first-order chi connectivity index (χ1) is 12.6. The average molecular weight is 350 g/mol. The Morgan fingerprint density at radius 3 is 2.46 bits per heavy atom. The molecule has 1 N–H and O–H groups in total. The minimum Gasteiger partial charge on any atom is -0.493 e. The molecular formula is C18H14N4O4. The fraction of sp³-hybridized carbons (Fsp3) is 0.111. The number of methoxy groups -OCH3 is 2. The second kappa shape index (κ2) is 7.36. The molecule has 0 bridgehead atoms. The number of carbonyl (C=O) groups excluding carboxylic acids is 1. The molecule has 1 aromatic heterocycles. The first-order valence-electron chi connectivity index (χ1n) is 7.52. The van der Waals surface area contributed by atoms with Gasteiger partial charge in [0.25, 0.3) is 5.91 Å². The van der Waals surface area contributed by atoms with E-state index < -0.39 is 5.91 Å². The molecule has 1 amide bonds. The smallest absolute Gasteiger partial charge is 0.322 e. The van der Waals surface area contributed by atoms with Crippen molar-refractivity contribution in [2.75, 3.05) is 19.5 Å². The molecule has 8 heteroatoms. The van der Waals surface area contributed by atoms with E-state index in [2.05, 4.69) is 15.5 Å². The van der Waals surface area contributed by atoms with E-state index in [1.54, 1.807) is 49.6 Å². The van der Waals surface area contributed by atoms with E-state index in [1.165, 1.54) is 7.11 Å². The Bertz CT molecular complexity index is 974. The van der Waals surface area contributed by atoms with Crippen molar-refractivity contribution in [1.82, 2.24) is 10.2 Å². The summed E-state index contributed by atoms with van der Waals surface area (Å²) in [6.45, 7) is 0. The van der Waals surface area contributed by atoms with E-state index >= 15 is 0 Å². The molecule has 26 heavy (non-hydrogen) atoms. The maximum absolute atomic E-state index is 12.2. The first-order valence-corrected chi connectivity index (χ1v) is 7.52. The number of nitrogens with one attached hydrogen (secondary N) is 1. The zero-order chi connectivity index (χ0) is 18.5. The maximum Gasteiger partial charge on any atom is 0.322 e. The molecule has 1 heterocycles. The summed E-state index contributed by atoms with van der Waals surface area (Å²) in [5.41, 5.74) is 1.46. The van der Waals surface area contributed by atoms with Crippen molar-refractivity contribution in [2.24, 2.45) is 0 Å². The molecule has 0 aliphatic rings. The van der Waals surface area contributed by atoms with Crippen molar-refractivity contribution in [3.63, 3.8) is 0 Å². The van der Waals surface area contributed by atoms with Gasteiger partial charge in [-0.25, -0.2) is 0 Å². The Balaban J connectivity index is 1.77. The van der Waals surface area contributed by atoms with Gasteiger partial charge in [0.2, 0.25) is 5.89 Å². The van der Waals surface area contributed by atoms with Gasteiger partial charge in [-0.2, -0.15) is 5.26 Å². The van der Waals surface area contributed by atoms with Gasteiger partial charge in [0.1, 0.15) is 0 Å². The molecule has 3 rings (SSSR count). The van der Waals surface area contributed by atoms with Crippen LogP contribution in [-0.4, -0.2) is 30.3 Å². The van der Waals surface area contributed by atoms with Crippen LogP contribution in [0.5, 0.6) is 11.5 Å². The van der Waals surface area contributed by atoms with E-state index in [9.17, 15) is 4.79 Å². The van der Waals surface area contributed by atoms with Crippen LogP contribution in [-0.2, 0) is 0 Å². The molecule has 0 aliphatic carbocycles. The van der Waals surface area contributed by atoms with Crippen molar-refractivity contribution < 1.29 is 18.7 Å². The van der Waals surface area contributed by atoms with Crippen molar-refractivity contribution in [2.45, 2.75) is 0 Å². The normalized spacial score (nSPS) is 10.0. The molecular weight excluding hydrogens is 336 g/mol. The van der Waals surface area contributed by atoms with Gasteiger partial charge in [-0.05, 0) is 42.5 Å². The molecule has 0 saturated heterocycles. The Labute approximate surface area is 149 Å². The second-order valence-corrected chi connectivity index (χ2v) is 5.13. The highest BCUT2D eigenvalue weighted by atomic mass is 16.5. The molecule has 0 saturated carbocycles. The topological polar surface area (TPSA) is 110 Å². The number of nitriles is 1. The molecule has 0 spiro atoms. The average Bonchev–Trinajstić information content (AvgIpc) is 3.15. The minimum atomic E-state index is -0.419. The zero-order valence-electron chi connectivity index (χ0n) is 14.0. The summed E-state index contributed by atoms with van der Waals surface area (Å²) >= 11 is 0. The van der Waals surface area contributed by atoms with Gasteiger partial charge in [0, 0.05) is 11.1 Å². The van der Waals surface area contributed by atoms with Gasteiger partial charge in [-0.15, -0.1) is 5.10 Å². The Kier molecular flexibility index (Phi) is 4.80. The molecule has 0 aliphatic heterocycles. The highest BCUT2D eigenvalue weighted by Crippen LogP contribution is 2.32. The summed E-state index contributed by atoms with van der Waals surface area (Å²) < 4.78 is 15.9. The Morgan fingerprint density at radius 2 is 1.81 bits per heavy atom. The predicted octanol–water partition coefficient (Wildman–Crippen LogP) is 2.88. The van der Waals surface area contributed by atoms with Gasteiger partial charge < -0.3 is 13.9 Å². The molecule has 0 unspecified atom stereocenters. The van der Waals surface area contributed by atoms with Crippen molar-refractivity contribution >= 4 is 11.9 Å². The fourth-order valence-electron chi connectivity index (χ4n) is 2.23. The summed E-state index contributed by atoms with van der Waals surface area (Å²) in [6.07, 6.45) is 0. The number of aromatic nitrogens is 2. The number of nitrogens with zero attached hydrogens (tertiary/aromatic N) is 3. The van der Waals surface area contributed by atoms with Crippen LogP contribution in [0.25, 0.3) is 11.5 Å². The minimum absolute atomic E-state index is 0.0378. The zero-order valence-corrected chi connectivity index (χ0v) is 14.0. The number of ether oxygens (including phenoxy) is 2. The highest BCUT2D eigenvalue weighted by molar-refractivity contribution is 6.03. The number of carbonyl (C=O) groups is 1. The van der Waals surface area contributed by atoms with E-state index in [0.717, 1.165) is 0 Å². The number of amides is 1. The number of rotatable bonds is 5. The third-order valence-corrected chi connectivity index (χ3v) is 3.55. The molecule has 130 valence electrons. The quantitative estimate of drug-likeness (QED) is 0.753. The lowest BCUT2D eigenvalue weighted by Gasteiger charge is -2.07. The molecule has 0 fully saturated rings. The summed E-state index contributed by atoms with van der Waals surface area (Å²) in [4.78, 5) is 12.2. The van der Waals surface area contributed by atoms with Crippen molar-refractivity contribution in [3.8, 4) is 29.0 Å². The predicted molar refractivity (Wildman–Crippen MR) is 91.9 cm³/mol. The first kappa shape index (κ1) is 17.0. The van der Waals surface area contributed by atoms with E-state index in [1.807, 2.05) is 6.07 Å². The Morgan fingerprint density at radius 1 is 1.08 bits per heavy atom. The summed E-state index contributed by atoms with van der Waals surface area (Å²) in [7, 11) is 3.07. The van der Waals surface area contributed by atoms with Crippen LogP contribution < -0.4 is 14.8 Å². The van der Waals surface area contributed by atoms with Crippen LogP contribution in [0.3, 0.4) is 0 Å². The summed E-state index contributed by atoms with van der Waals surface area (Å²) in [5.74, 6) is 0.898. The Hall–Kier alpha value is -3.86. The number of hydrogen-bond donors (Lipinski definition) is 1. The lowest BCUT2D eigenvalue weighted by molar-refractivity contribution is 0.102. The lowest BCUT2D eigenvalue weighted by Crippen LogP contribution is -2.11. The van der Waals surface area contributed by atoms with E-state index in [-0.39, 0.29) is 11.9 Å². The monoisotopic (exact) mass is 350 g/mol. The van der Waals surface area contributed by atoms with Crippen molar-refractivity contribution in [3.05, 3.63) is 53.6 Å². The second-order valence-electron chi connectivity index (χ2n) is 5.13. The van der Waals surface area contributed by atoms with Crippen LogP contribution in [0.1, 0.15) is 15.9 Å². The molecule has 0 radical (unpaired) electrons. The van der Waals surface area contributed by atoms with Crippen molar-refractivity contribution in [1.29, 1.82) is 5.26 Å². The molecule has 0 atom stereocenters. The van der Waals surface area contributed by atoms with Gasteiger partial charge in [0.15, 0.2) is 11.5 Å². The SMILES string of the molecule is COc1ccc(-c2nnc(NC(=O)c3ccc(C#N)cc3)o2)cc1OC. The highest BCUT2D eigenvalue weighted by Gasteiger charge is 2.14. The van der Waals surface area contributed by atoms with Crippen LogP contribution >= 0.6 is 0 Å². The van der Waals surface area contributed by atoms with Crippen LogP contribution in [0.2, 0.25) is 0 Å².